The molecule has 0 aromatic heterocycles. The van der Waals surface area contributed by atoms with Crippen LogP contribution in [0.3, 0.4) is 0 Å². The molecule has 2 rings (SSSR count). The lowest BCUT2D eigenvalue weighted by molar-refractivity contribution is -0.150. The first-order valence-electron chi connectivity index (χ1n) is 11.8. The Morgan fingerprint density at radius 1 is 1.14 bits per heavy atom. The van der Waals surface area contributed by atoms with Gasteiger partial charge in [-0.25, -0.2) is 4.79 Å². The van der Waals surface area contributed by atoms with E-state index in [1.54, 1.807) is 20.8 Å². The summed E-state index contributed by atoms with van der Waals surface area (Å²) in [6, 6.07) is 8.40. The summed E-state index contributed by atoms with van der Waals surface area (Å²) in [4.78, 5) is 50.5. The number of ether oxygens (including phenoxy) is 3. The van der Waals surface area contributed by atoms with Crippen LogP contribution in [0.25, 0.3) is 0 Å². The van der Waals surface area contributed by atoms with Gasteiger partial charge >= 0.3 is 5.97 Å². The number of carbonyl (C=O) groups excluding carboxylic acids is 4. The van der Waals surface area contributed by atoms with E-state index < -0.39 is 34.6 Å². The highest BCUT2D eigenvalue weighted by Gasteiger charge is 2.38. The van der Waals surface area contributed by atoms with Gasteiger partial charge in [0.1, 0.15) is 5.54 Å². The number of hydrogen-bond donors (Lipinski definition) is 2. The van der Waals surface area contributed by atoms with E-state index in [1.165, 1.54) is 6.92 Å². The minimum absolute atomic E-state index is 0.0322. The van der Waals surface area contributed by atoms with Gasteiger partial charge in [0.25, 0.3) is 0 Å². The number of benzene rings is 1. The summed E-state index contributed by atoms with van der Waals surface area (Å²) < 4.78 is 16.1. The third kappa shape index (κ3) is 9.62. The standard InChI is InChI=1S/C25H36N2O7S/c1-5-34-23(30)20(16-33-15-18-9-7-6-8-10-18)26-24(31)25(3,4)27-22(29)21(35-17(2)28)19-11-13-32-14-12-19/h6-10,19-21H,5,11-16H2,1-4H3,(H,26,31)(H,27,29)/t20-,21+/m1/s1. The fourth-order valence-electron chi connectivity index (χ4n) is 3.62. The molecule has 1 heterocycles. The molecule has 1 aromatic rings. The molecule has 1 aliphatic heterocycles. The van der Waals surface area contributed by atoms with Crippen molar-refractivity contribution in [1.29, 1.82) is 0 Å². The zero-order valence-electron chi connectivity index (χ0n) is 20.8. The average Bonchev–Trinajstić information content (AvgIpc) is 2.82. The molecule has 10 heteroatoms. The maximum absolute atomic E-state index is 13.1. The van der Waals surface area contributed by atoms with Gasteiger partial charge in [0, 0.05) is 20.1 Å². The number of rotatable bonds is 12. The van der Waals surface area contributed by atoms with E-state index in [-0.39, 0.29) is 30.9 Å². The van der Waals surface area contributed by atoms with Crippen molar-refractivity contribution >= 4 is 34.7 Å². The predicted molar refractivity (Wildman–Crippen MR) is 132 cm³/mol. The second kappa shape index (κ2) is 14.2. The molecule has 0 spiro atoms. The Balaban J connectivity index is 2.03. The molecule has 0 unspecified atom stereocenters. The molecule has 194 valence electrons. The zero-order valence-corrected chi connectivity index (χ0v) is 21.7. The summed E-state index contributed by atoms with van der Waals surface area (Å²) in [5.74, 6) is -1.62. The van der Waals surface area contributed by atoms with E-state index >= 15 is 0 Å². The highest BCUT2D eigenvalue weighted by atomic mass is 32.2. The second-order valence-electron chi connectivity index (χ2n) is 8.87. The van der Waals surface area contributed by atoms with E-state index in [9.17, 15) is 19.2 Å². The molecular formula is C25H36N2O7S. The minimum atomic E-state index is -1.35. The van der Waals surface area contributed by atoms with Crippen LogP contribution in [0.1, 0.15) is 46.1 Å². The van der Waals surface area contributed by atoms with Crippen molar-refractivity contribution in [3.63, 3.8) is 0 Å². The Kier molecular flexibility index (Phi) is 11.7. The molecule has 2 N–H and O–H groups in total. The normalized spacial score (nSPS) is 16.1. The maximum atomic E-state index is 13.1. The van der Waals surface area contributed by atoms with Gasteiger partial charge in [0.05, 0.1) is 25.1 Å². The number of thioether (sulfide) groups is 1. The number of carbonyl (C=O) groups is 4. The van der Waals surface area contributed by atoms with E-state index in [2.05, 4.69) is 10.6 Å². The SMILES string of the molecule is CCOC(=O)[C@@H](COCc1ccccc1)NC(=O)C(C)(C)NC(=O)[C@@H](SC(C)=O)C1CCOCC1. The zero-order chi connectivity index (χ0) is 25.8. The van der Waals surface area contributed by atoms with Crippen molar-refractivity contribution in [2.75, 3.05) is 26.4 Å². The summed E-state index contributed by atoms with van der Waals surface area (Å²) in [6.07, 6.45) is 1.32. The van der Waals surface area contributed by atoms with E-state index in [0.717, 1.165) is 17.3 Å². The highest BCUT2D eigenvalue weighted by Crippen LogP contribution is 2.29. The van der Waals surface area contributed by atoms with Crippen LogP contribution in [0, 0.1) is 5.92 Å². The van der Waals surface area contributed by atoms with E-state index in [0.29, 0.717) is 26.1 Å². The Hall–Kier alpha value is -2.43. The van der Waals surface area contributed by atoms with Crippen LogP contribution in [0.15, 0.2) is 30.3 Å². The molecule has 2 atom stereocenters. The number of hydrogen-bond acceptors (Lipinski definition) is 8. The third-order valence-electron chi connectivity index (χ3n) is 5.52. The fraction of sp³-hybridized carbons (Fsp3) is 0.600. The first kappa shape index (κ1) is 28.8. The van der Waals surface area contributed by atoms with Gasteiger partial charge in [-0.3, -0.25) is 14.4 Å². The number of esters is 1. The average molecular weight is 509 g/mol. The van der Waals surface area contributed by atoms with E-state index in [4.69, 9.17) is 14.2 Å². The highest BCUT2D eigenvalue weighted by molar-refractivity contribution is 8.14. The maximum Gasteiger partial charge on any atom is 0.331 e. The monoisotopic (exact) mass is 508 g/mol. The molecule has 0 saturated carbocycles. The van der Waals surface area contributed by atoms with Crippen molar-refractivity contribution < 1.29 is 33.4 Å². The first-order chi connectivity index (χ1) is 16.6. The molecule has 1 saturated heterocycles. The van der Waals surface area contributed by atoms with Crippen molar-refractivity contribution in [2.45, 2.75) is 64.0 Å². The Bertz CT molecular complexity index is 857. The molecule has 0 radical (unpaired) electrons. The lowest BCUT2D eigenvalue weighted by Gasteiger charge is -2.32. The van der Waals surface area contributed by atoms with Gasteiger partial charge in [-0.15, -0.1) is 0 Å². The van der Waals surface area contributed by atoms with Gasteiger partial charge < -0.3 is 24.8 Å². The fourth-order valence-corrected chi connectivity index (χ4v) is 4.60. The third-order valence-corrected chi connectivity index (χ3v) is 6.71. The molecular weight excluding hydrogens is 472 g/mol. The Morgan fingerprint density at radius 2 is 1.80 bits per heavy atom. The summed E-state index contributed by atoms with van der Waals surface area (Å²) in [6.45, 7) is 7.58. The second-order valence-corrected chi connectivity index (χ2v) is 10.2. The molecule has 35 heavy (non-hydrogen) atoms. The topological polar surface area (TPSA) is 120 Å². The van der Waals surface area contributed by atoms with Gasteiger partial charge in [0.15, 0.2) is 11.2 Å². The first-order valence-corrected chi connectivity index (χ1v) is 12.7. The van der Waals surface area contributed by atoms with Crippen LogP contribution in [0.4, 0.5) is 0 Å². The van der Waals surface area contributed by atoms with Gasteiger partial charge in [-0.2, -0.15) is 0 Å². The smallest absolute Gasteiger partial charge is 0.331 e. The molecule has 2 amide bonds. The largest absolute Gasteiger partial charge is 0.464 e. The summed E-state index contributed by atoms with van der Waals surface area (Å²) in [5.41, 5.74) is -0.418. The number of nitrogens with one attached hydrogen (secondary N) is 2. The molecule has 1 fully saturated rings. The Morgan fingerprint density at radius 3 is 2.40 bits per heavy atom. The van der Waals surface area contributed by atoms with Gasteiger partial charge in [-0.05, 0) is 45.1 Å². The molecule has 9 nitrogen and oxygen atoms in total. The van der Waals surface area contributed by atoms with E-state index in [1.807, 2.05) is 30.3 Å². The van der Waals surface area contributed by atoms with Crippen LogP contribution in [-0.4, -0.2) is 66.2 Å². The van der Waals surface area contributed by atoms with Gasteiger partial charge in [-0.1, -0.05) is 42.1 Å². The van der Waals surface area contributed by atoms with Crippen molar-refractivity contribution in [3.05, 3.63) is 35.9 Å². The number of amides is 2. The predicted octanol–water partition coefficient (Wildman–Crippen LogP) is 2.22. The Labute approximate surface area is 211 Å². The lowest BCUT2D eigenvalue weighted by Crippen LogP contribution is -2.60. The van der Waals surface area contributed by atoms with Crippen LogP contribution >= 0.6 is 11.8 Å². The summed E-state index contributed by atoms with van der Waals surface area (Å²) >= 11 is 0.969. The van der Waals surface area contributed by atoms with Crippen LogP contribution in [-0.2, 0) is 40.0 Å². The molecule has 0 aliphatic carbocycles. The van der Waals surface area contributed by atoms with Crippen LogP contribution in [0.2, 0.25) is 0 Å². The van der Waals surface area contributed by atoms with Crippen LogP contribution < -0.4 is 10.6 Å². The molecule has 0 bridgehead atoms. The van der Waals surface area contributed by atoms with Crippen molar-refractivity contribution in [2.24, 2.45) is 5.92 Å². The summed E-state index contributed by atoms with van der Waals surface area (Å²) in [7, 11) is 0. The minimum Gasteiger partial charge on any atom is -0.464 e. The molecule has 1 aliphatic rings. The van der Waals surface area contributed by atoms with Crippen LogP contribution in [0.5, 0.6) is 0 Å². The molecule has 1 aromatic carbocycles. The summed E-state index contributed by atoms with van der Waals surface area (Å²) in [5, 5.41) is 4.61. The van der Waals surface area contributed by atoms with Crippen molar-refractivity contribution in [1.82, 2.24) is 10.6 Å². The van der Waals surface area contributed by atoms with Crippen molar-refractivity contribution in [3.8, 4) is 0 Å². The lowest BCUT2D eigenvalue weighted by atomic mass is 9.94. The quantitative estimate of drug-likeness (QED) is 0.413. The van der Waals surface area contributed by atoms with Gasteiger partial charge in [0.2, 0.25) is 11.8 Å².